The van der Waals surface area contributed by atoms with Crippen LogP contribution < -0.4 is 20.5 Å². The summed E-state index contributed by atoms with van der Waals surface area (Å²) in [6, 6.07) is 21.0. The molecule has 3 aromatic carbocycles. The molecule has 0 radical (unpaired) electrons. The third kappa shape index (κ3) is 9.15. The van der Waals surface area contributed by atoms with Gasteiger partial charge in [-0.3, -0.25) is 4.79 Å². The van der Waals surface area contributed by atoms with Gasteiger partial charge >= 0.3 is 6.18 Å². The summed E-state index contributed by atoms with van der Waals surface area (Å²) >= 11 is 0. The van der Waals surface area contributed by atoms with E-state index < -0.39 is 30.0 Å². The zero-order valence-electron chi connectivity index (χ0n) is 23.2. The highest BCUT2D eigenvalue weighted by molar-refractivity contribution is 5.95. The molecule has 1 amide bonds. The maximum atomic E-state index is 13.1. The monoisotopic (exact) mass is 596 g/mol. The summed E-state index contributed by atoms with van der Waals surface area (Å²) in [6.45, 7) is 1.93. The first kappa shape index (κ1) is 31.3. The van der Waals surface area contributed by atoms with Gasteiger partial charge in [-0.2, -0.15) is 13.2 Å². The second-order valence-corrected chi connectivity index (χ2v) is 9.84. The Hall–Kier alpha value is -4.68. The number of nitrogens with zero attached hydrogens (tertiary/aromatic N) is 2. The fourth-order valence-corrected chi connectivity index (χ4v) is 4.22. The summed E-state index contributed by atoms with van der Waals surface area (Å²) in [5.41, 5.74) is 5.87. The van der Waals surface area contributed by atoms with E-state index in [2.05, 4.69) is 15.3 Å². The van der Waals surface area contributed by atoms with Gasteiger partial charge in [0, 0.05) is 30.8 Å². The van der Waals surface area contributed by atoms with E-state index in [1.165, 1.54) is 25.1 Å². The predicted octanol–water partition coefficient (Wildman–Crippen LogP) is 4.29. The number of alkyl halides is 3. The van der Waals surface area contributed by atoms with Gasteiger partial charge in [0.1, 0.15) is 41.8 Å². The van der Waals surface area contributed by atoms with Crippen LogP contribution in [-0.2, 0) is 12.6 Å². The molecule has 0 fully saturated rings. The van der Waals surface area contributed by atoms with E-state index in [1.807, 2.05) is 30.3 Å². The lowest BCUT2D eigenvalue weighted by Crippen LogP contribution is -2.38. The van der Waals surface area contributed by atoms with E-state index in [4.69, 9.17) is 15.2 Å². The van der Waals surface area contributed by atoms with E-state index in [1.54, 1.807) is 24.3 Å². The summed E-state index contributed by atoms with van der Waals surface area (Å²) in [4.78, 5) is 19.3. The van der Waals surface area contributed by atoms with E-state index in [0.29, 0.717) is 30.0 Å². The van der Waals surface area contributed by atoms with Crippen LogP contribution in [0.3, 0.4) is 0 Å². The Kier molecular flexibility index (Phi) is 10.2. The molecule has 0 aliphatic heterocycles. The normalized spacial score (nSPS) is 12.9. The highest BCUT2D eigenvalue weighted by atomic mass is 19.4. The van der Waals surface area contributed by atoms with Crippen LogP contribution in [0, 0.1) is 6.92 Å². The fourth-order valence-electron chi connectivity index (χ4n) is 4.22. The molecule has 2 atom stereocenters. The summed E-state index contributed by atoms with van der Waals surface area (Å²) in [7, 11) is 0. The highest BCUT2D eigenvalue weighted by Crippen LogP contribution is 2.30. The van der Waals surface area contributed by atoms with Crippen molar-refractivity contribution in [2.45, 2.75) is 31.7 Å². The number of aromatic nitrogens is 2. The number of amides is 1. The Balaban J connectivity index is 1.31. The number of aromatic hydroxyl groups is 1. The Labute approximate surface area is 246 Å². The fraction of sp³-hybridized carbons (Fsp3) is 0.258. The van der Waals surface area contributed by atoms with Gasteiger partial charge in [-0.25, -0.2) is 9.97 Å². The van der Waals surface area contributed by atoms with Crippen molar-refractivity contribution in [3.05, 3.63) is 101 Å². The number of halogens is 3. The minimum Gasteiger partial charge on any atom is -0.507 e. The van der Waals surface area contributed by atoms with Crippen molar-refractivity contribution in [2.24, 2.45) is 5.73 Å². The van der Waals surface area contributed by atoms with E-state index in [9.17, 15) is 28.2 Å². The smallest absolute Gasteiger partial charge is 0.433 e. The van der Waals surface area contributed by atoms with Crippen LogP contribution in [-0.4, -0.2) is 58.0 Å². The number of aryl methyl sites for hydroxylation is 1. The maximum Gasteiger partial charge on any atom is 0.433 e. The molecule has 0 bridgehead atoms. The molecule has 1 heterocycles. The lowest BCUT2D eigenvalue weighted by molar-refractivity contribution is -0.141. The third-order valence-electron chi connectivity index (χ3n) is 6.29. The van der Waals surface area contributed by atoms with Gasteiger partial charge in [0.2, 0.25) is 0 Å². The number of hydrogen-bond acceptors (Lipinski definition) is 8. The van der Waals surface area contributed by atoms with Gasteiger partial charge in [-0.1, -0.05) is 30.3 Å². The van der Waals surface area contributed by atoms with E-state index >= 15 is 0 Å². The zero-order chi connectivity index (χ0) is 31.0. The average Bonchev–Trinajstić information content (AvgIpc) is 2.97. The van der Waals surface area contributed by atoms with Crippen molar-refractivity contribution in [3.8, 4) is 28.6 Å². The summed E-state index contributed by atoms with van der Waals surface area (Å²) in [5.74, 6) is -0.303. The first-order valence-electron chi connectivity index (χ1n) is 13.4. The van der Waals surface area contributed by atoms with Crippen LogP contribution in [0.15, 0.2) is 78.9 Å². The van der Waals surface area contributed by atoms with Crippen molar-refractivity contribution in [3.63, 3.8) is 0 Å². The summed E-state index contributed by atoms with van der Waals surface area (Å²) < 4.78 is 51.1. The molecule has 1 aromatic heterocycles. The first-order valence-corrected chi connectivity index (χ1v) is 13.4. The van der Waals surface area contributed by atoms with Gasteiger partial charge in [0.25, 0.3) is 5.91 Å². The number of hydrogen-bond donors (Lipinski definition) is 4. The minimum atomic E-state index is -4.58. The molecule has 12 heteroatoms. The number of carbonyl (C=O) groups excluding carboxylic acids is 1. The molecule has 226 valence electrons. The Bertz CT molecular complexity index is 1520. The minimum absolute atomic E-state index is 0.0460. The molecule has 0 saturated carbocycles. The van der Waals surface area contributed by atoms with Gasteiger partial charge in [0.15, 0.2) is 5.82 Å². The number of aliphatic hydroxyl groups is 1. The van der Waals surface area contributed by atoms with E-state index in [0.717, 1.165) is 11.6 Å². The number of primary amides is 1. The molecular formula is C31H31F3N4O5. The first-order chi connectivity index (χ1) is 20.5. The Morgan fingerprint density at radius 3 is 2.35 bits per heavy atom. The quantitative estimate of drug-likeness (QED) is 0.179. The molecule has 5 N–H and O–H groups in total. The summed E-state index contributed by atoms with van der Waals surface area (Å²) in [5, 5.41) is 23.5. The van der Waals surface area contributed by atoms with Crippen molar-refractivity contribution in [1.29, 1.82) is 0 Å². The molecule has 0 aliphatic carbocycles. The van der Waals surface area contributed by atoms with Crippen molar-refractivity contribution < 1.29 is 37.7 Å². The summed E-state index contributed by atoms with van der Waals surface area (Å²) in [6.07, 6.45) is -5.34. The molecule has 2 unspecified atom stereocenters. The van der Waals surface area contributed by atoms with Crippen LogP contribution in [0.25, 0.3) is 11.4 Å². The number of aliphatic hydroxyl groups excluding tert-OH is 1. The van der Waals surface area contributed by atoms with Crippen LogP contribution in [0.1, 0.15) is 27.3 Å². The van der Waals surface area contributed by atoms with E-state index in [-0.39, 0.29) is 36.0 Å². The van der Waals surface area contributed by atoms with Crippen molar-refractivity contribution in [1.82, 2.24) is 15.3 Å². The van der Waals surface area contributed by atoms with Gasteiger partial charge < -0.3 is 30.7 Å². The molecule has 4 rings (SSSR count). The van der Waals surface area contributed by atoms with Gasteiger partial charge in [0.05, 0.1) is 5.56 Å². The number of benzene rings is 3. The number of rotatable bonds is 13. The SMILES string of the molecule is Cc1cc(C(F)(F)F)nc(-c2ccc(OCC(O)CNCC(Cc3ccccc3)Oc3ccc(O)c(C(N)=O)c3)cc2)n1. The predicted molar refractivity (Wildman–Crippen MR) is 153 cm³/mol. The van der Waals surface area contributed by atoms with Gasteiger partial charge in [-0.05, 0) is 61.0 Å². The topological polar surface area (TPSA) is 140 Å². The second-order valence-electron chi connectivity index (χ2n) is 9.84. The maximum absolute atomic E-state index is 13.1. The lowest BCUT2D eigenvalue weighted by atomic mass is 10.1. The van der Waals surface area contributed by atoms with Crippen molar-refractivity contribution in [2.75, 3.05) is 19.7 Å². The molecule has 4 aromatic rings. The van der Waals surface area contributed by atoms with Crippen LogP contribution in [0.5, 0.6) is 17.2 Å². The number of ether oxygens (including phenoxy) is 2. The lowest BCUT2D eigenvalue weighted by Gasteiger charge is -2.21. The molecule has 9 nitrogen and oxygen atoms in total. The highest BCUT2D eigenvalue weighted by Gasteiger charge is 2.33. The average molecular weight is 597 g/mol. The molecule has 0 saturated heterocycles. The number of phenols is 1. The zero-order valence-corrected chi connectivity index (χ0v) is 23.2. The van der Waals surface area contributed by atoms with Crippen LogP contribution in [0.2, 0.25) is 0 Å². The molecule has 43 heavy (non-hydrogen) atoms. The second kappa shape index (κ2) is 14.0. The van der Waals surface area contributed by atoms with Gasteiger partial charge in [-0.15, -0.1) is 0 Å². The molecular weight excluding hydrogens is 565 g/mol. The number of nitrogens with two attached hydrogens (primary N) is 1. The number of nitrogens with one attached hydrogen (secondary N) is 1. The van der Waals surface area contributed by atoms with Crippen LogP contribution in [0.4, 0.5) is 13.2 Å². The van der Waals surface area contributed by atoms with Crippen LogP contribution >= 0.6 is 0 Å². The largest absolute Gasteiger partial charge is 0.507 e. The molecule has 0 spiro atoms. The Morgan fingerprint density at radius 1 is 0.977 bits per heavy atom. The molecule has 0 aliphatic rings. The van der Waals surface area contributed by atoms with Crippen molar-refractivity contribution >= 4 is 5.91 Å². The standard InChI is InChI=1S/C31H31F3N4O5/c1-19-13-28(31(32,33)34)38-30(37-19)21-7-9-23(10-8-21)42-18-22(39)16-36-17-25(14-20-5-3-2-4-6-20)43-24-11-12-27(40)26(15-24)29(35)41/h2-13,15,22,25,36,39-40H,14,16-18H2,1H3,(H2,35,41). The number of carbonyl (C=O) groups is 1. The Morgan fingerprint density at radius 2 is 1.67 bits per heavy atom. The third-order valence-corrected chi connectivity index (χ3v) is 6.29.